The number of likely N-dealkylation sites (N-methyl/N-ethyl adjacent to an activating group) is 1. The van der Waals surface area contributed by atoms with Gasteiger partial charge in [-0.1, -0.05) is 17.7 Å². The molecule has 130 valence electrons. The molecule has 0 spiro atoms. The molecule has 25 heavy (non-hydrogen) atoms. The minimum Gasteiger partial charge on any atom is -0.375 e. The lowest BCUT2D eigenvalue weighted by Crippen LogP contribution is -2.40. The van der Waals surface area contributed by atoms with Crippen LogP contribution in [0.5, 0.6) is 0 Å². The van der Waals surface area contributed by atoms with Crippen LogP contribution in [0.2, 0.25) is 5.02 Å². The van der Waals surface area contributed by atoms with Crippen molar-refractivity contribution in [2.24, 2.45) is 0 Å². The molecule has 5 heteroatoms. The van der Waals surface area contributed by atoms with Crippen molar-refractivity contribution in [3.63, 3.8) is 0 Å². The van der Waals surface area contributed by atoms with Gasteiger partial charge in [-0.2, -0.15) is 0 Å². The van der Waals surface area contributed by atoms with Crippen LogP contribution in [0.15, 0.2) is 30.3 Å². The average molecular weight is 358 g/mol. The Morgan fingerprint density at radius 1 is 1.12 bits per heavy atom. The predicted molar refractivity (Wildman–Crippen MR) is 98.4 cm³/mol. The smallest absolute Gasteiger partial charge is 0.263 e. The molecular weight excluding hydrogens is 338 g/mol. The number of amides is 1. The molecule has 0 bridgehead atoms. The zero-order valence-corrected chi connectivity index (χ0v) is 15.4. The fourth-order valence-electron chi connectivity index (χ4n) is 3.39. The van der Waals surface area contributed by atoms with E-state index >= 15 is 0 Å². The summed E-state index contributed by atoms with van der Waals surface area (Å²) in [5.41, 5.74) is 2.52. The predicted octanol–water partition coefficient (Wildman–Crippen LogP) is 3.70. The van der Waals surface area contributed by atoms with Crippen LogP contribution < -0.4 is 4.90 Å². The molecule has 2 aromatic carbocycles. The Hall–Kier alpha value is -2.17. The SMILES string of the molecule is Cc1cc(C)c(C(=O)C[C@]2(O)C(=O)N(C)c3ccc(Cl)cc32)cc1C. The first-order valence-corrected chi connectivity index (χ1v) is 8.44. The summed E-state index contributed by atoms with van der Waals surface area (Å²) in [5, 5.41) is 11.5. The number of aryl methyl sites for hydroxylation is 3. The largest absolute Gasteiger partial charge is 0.375 e. The van der Waals surface area contributed by atoms with E-state index in [1.165, 1.54) is 4.90 Å². The van der Waals surface area contributed by atoms with Gasteiger partial charge >= 0.3 is 0 Å². The first-order chi connectivity index (χ1) is 11.6. The summed E-state index contributed by atoms with van der Waals surface area (Å²) < 4.78 is 0. The van der Waals surface area contributed by atoms with Gasteiger partial charge in [-0.25, -0.2) is 0 Å². The number of fused-ring (bicyclic) bond motifs is 1. The fourth-order valence-corrected chi connectivity index (χ4v) is 3.57. The number of hydrogen-bond donors (Lipinski definition) is 1. The van der Waals surface area contributed by atoms with Crippen LogP contribution in [0.4, 0.5) is 5.69 Å². The molecule has 1 amide bonds. The van der Waals surface area contributed by atoms with E-state index in [1.807, 2.05) is 32.9 Å². The van der Waals surface area contributed by atoms with Crippen LogP contribution in [-0.2, 0) is 10.4 Å². The highest BCUT2D eigenvalue weighted by molar-refractivity contribution is 6.31. The number of nitrogens with zero attached hydrogens (tertiary/aromatic N) is 1. The first kappa shape index (κ1) is 17.6. The molecule has 1 N–H and O–H groups in total. The molecule has 0 aliphatic carbocycles. The van der Waals surface area contributed by atoms with Crippen molar-refractivity contribution in [3.05, 3.63) is 63.2 Å². The van der Waals surface area contributed by atoms with Crippen LogP contribution in [0, 0.1) is 20.8 Å². The van der Waals surface area contributed by atoms with Gasteiger partial charge in [0, 0.05) is 23.2 Å². The van der Waals surface area contributed by atoms with Crippen molar-refractivity contribution in [1.82, 2.24) is 0 Å². The Labute approximate surface area is 152 Å². The van der Waals surface area contributed by atoms with Gasteiger partial charge in [-0.3, -0.25) is 9.59 Å². The van der Waals surface area contributed by atoms with Gasteiger partial charge in [0.2, 0.25) is 0 Å². The topological polar surface area (TPSA) is 57.6 Å². The molecule has 0 fully saturated rings. The van der Waals surface area contributed by atoms with E-state index < -0.39 is 11.5 Å². The van der Waals surface area contributed by atoms with Gasteiger partial charge in [0.05, 0.1) is 12.1 Å². The average Bonchev–Trinajstić information content (AvgIpc) is 2.72. The zero-order valence-electron chi connectivity index (χ0n) is 14.7. The minimum atomic E-state index is -1.89. The highest BCUT2D eigenvalue weighted by atomic mass is 35.5. The van der Waals surface area contributed by atoms with Gasteiger partial charge in [-0.15, -0.1) is 0 Å². The van der Waals surface area contributed by atoms with E-state index in [1.54, 1.807) is 25.2 Å². The van der Waals surface area contributed by atoms with E-state index in [9.17, 15) is 14.7 Å². The number of Topliss-reactive ketones (excluding diaryl/α,β-unsaturated/α-hetero) is 1. The Kier molecular flexibility index (Phi) is 4.21. The summed E-state index contributed by atoms with van der Waals surface area (Å²) in [5.74, 6) is -0.780. The number of benzene rings is 2. The molecule has 1 heterocycles. The van der Waals surface area contributed by atoms with E-state index in [2.05, 4.69) is 0 Å². The van der Waals surface area contributed by atoms with Crippen molar-refractivity contribution in [1.29, 1.82) is 0 Å². The third-order valence-electron chi connectivity index (χ3n) is 4.98. The van der Waals surface area contributed by atoms with Gasteiger partial charge < -0.3 is 10.0 Å². The Morgan fingerprint density at radius 2 is 1.76 bits per heavy atom. The van der Waals surface area contributed by atoms with E-state index in [-0.39, 0.29) is 12.2 Å². The number of ketones is 1. The summed E-state index contributed by atoms with van der Waals surface area (Å²) in [6, 6.07) is 8.65. The Morgan fingerprint density at radius 3 is 2.44 bits per heavy atom. The number of halogens is 1. The molecule has 0 saturated heterocycles. The van der Waals surface area contributed by atoms with Gasteiger partial charge in [0.15, 0.2) is 11.4 Å². The Bertz CT molecular complexity index is 906. The summed E-state index contributed by atoms with van der Waals surface area (Å²) >= 11 is 6.04. The van der Waals surface area contributed by atoms with Crippen molar-refractivity contribution < 1.29 is 14.7 Å². The monoisotopic (exact) mass is 357 g/mol. The minimum absolute atomic E-state index is 0.266. The molecular formula is C20H20ClNO3. The third kappa shape index (κ3) is 2.75. The van der Waals surface area contributed by atoms with E-state index in [0.29, 0.717) is 21.8 Å². The van der Waals surface area contributed by atoms with E-state index in [0.717, 1.165) is 16.7 Å². The molecule has 1 aliphatic rings. The highest BCUT2D eigenvalue weighted by Crippen LogP contribution is 2.43. The van der Waals surface area contributed by atoms with Crippen LogP contribution >= 0.6 is 11.6 Å². The normalized spacial score (nSPS) is 19.3. The molecule has 0 saturated carbocycles. The molecule has 0 radical (unpaired) electrons. The maximum absolute atomic E-state index is 12.9. The second-order valence-electron chi connectivity index (χ2n) is 6.74. The molecule has 2 aromatic rings. The quantitative estimate of drug-likeness (QED) is 0.852. The summed E-state index contributed by atoms with van der Waals surface area (Å²) in [6.45, 7) is 5.78. The molecule has 0 aromatic heterocycles. The number of carbonyl (C=O) groups is 2. The number of aliphatic hydroxyl groups is 1. The number of rotatable bonds is 3. The number of carbonyl (C=O) groups excluding carboxylic acids is 2. The summed E-state index contributed by atoms with van der Waals surface area (Å²) in [7, 11) is 1.58. The van der Waals surface area contributed by atoms with Crippen molar-refractivity contribution in [2.45, 2.75) is 32.8 Å². The van der Waals surface area contributed by atoms with E-state index in [4.69, 9.17) is 11.6 Å². The van der Waals surface area contributed by atoms with Gasteiger partial charge in [0.1, 0.15) is 0 Å². The lowest BCUT2D eigenvalue weighted by atomic mass is 9.86. The first-order valence-electron chi connectivity index (χ1n) is 8.07. The standard InChI is InChI=1S/C20H20ClNO3/c1-11-7-13(3)15(8-12(11)2)18(23)10-20(25)16-9-14(21)5-6-17(16)22(4)19(20)24/h5-9,25H,10H2,1-4H3/t20-/m1/s1. The maximum Gasteiger partial charge on any atom is 0.263 e. The van der Waals surface area contributed by atoms with Crippen molar-refractivity contribution in [2.75, 3.05) is 11.9 Å². The van der Waals surface area contributed by atoms with Gasteiger partial charge in [0.25, 0.3) is 5.91 Å². The summed E-state index contributed by atoms with van der Waals surface area (Å²) in [4.78, 5) is 26.9. The second kappa shape index (κ2) is 5.97. The molecule has 4 nitrogen and oxygen atoms in total. The van der Waals surface area contributed by atoms with Crippen molar-refractivity contribution in [3.8, 4) is 0 Å². The van der Waals surface area contributed by atoms with Crippen LogP contribution in [0.1, 0.15) is 39.0 Å². The molecule has 1 aliphatic heterocycles. The van der Waals surface area contributed by atoms with Crippen LogP contribution in [-0.4, -0.2) is 23.8 Å². The zero-order chi connectivity index (χ0) is 18.5. The molecule has 0 unspecified atom stereocenters. The lowest BCUT2D eigenvalue weighted by Gasteiger charge is -2.22. The summed E-state index contributed by atoms with van der Waals surface area (Å²) in [6.07, 6.45) is -0.313. The number of anilines is 1. The lowest BCUT2D eigenvalue weighted by molar-refractivity contribution is -0.135. The second-order valence-corrected chi connectivity index (χ2v) is 7.17. The maximum atomic E-state index is 12.9. The van der Waals surface area contributed by atoms with Gasteiger partial charge in [-0.05, 0) is 61.7 Å². The van der Waals surface area contributed by atoms with Crippen LogP contribution in [0.3, 0.4) is 0 Å². The fraction of sp³-hybridized carbons (Fsp3) is 0.300. The number of hydrogen-bond acceptors (Lipinski definition) is 3. The Balaban J connectivity index is 2.03. The highest BCUT2D eigenvalue weighted by Gasteiger charge is 2.49. The third-order valence-corrected chi connectivity index (χ3v) is 5.22. The van der Waals surface area contributed by atoms with Crippen LogP contribution in [0.25, 0.3) is 0 Å². The molecule has 1 atom stereocenters. The van der Waals surface area contributed by atoms with Crippen molar-refractivity contribution >= 4 is 29.0 Å². The molecule has 3 rings (SSSR count).